The summed E-state index contributed by atoms with van der Waals surface area (Å²) < 4.78 is 5.47. The van der Waals surface area contributed by atoms with Crippen LogP contribution in [0.25, 0.3) is 0 Å². The van der Waals surface area contributed by atoms with Gasteiger partial charge < -0.3 is 15.3 Å². The maximum Gasteiger partial charge on any atom is 0.405 e. The van der Waals surface area contributed by atoms with Gasteiger partial charge in [-0.25, -0.2) is 4.79 Å². The van der Waals surface area contributed by atoms with Crippen molar-refractivity contribution in [1.29, 1.82) is 0 Å². The molecule has 1 N–H and O–H groups in total. The van der Waals surface area contributed by atoms with Gasteiger partial charge in [-0.1, -0.05) is 19.3 Å². The minimum absolute atomic E-state index is 0.130. The van der Waals surface area contributed by atoms with Crippen LogP contribution in [-0.2, 0) is 9.53 Å². The molecule has 2 rings (SSSR count). The Hall–Kier alpha value is -2.11. The predicted molar refractivity (Wildman–Crippen MR) is 79.9 cm³/mol. The maximum atomic E-state index is 12.0. The normalized spacial score (nSPS) is 16.8. The number of rotatable bonds is 5. The highest BCUT2D eigenvalue weighted by Crippen LogP contribution is 2.22. The van der Waals surface area contributed by atoms with E-state index in [0.717, 1.165) is 12.8 Å². The number of ether oxygens (including phenoxy) is 1. The van der Waals surface area contributed by atoms with Crippen molar-refractivity contribution in [2.24, 2.45) is 5.92 Å². The van der Waals surface area contributed by atoms with Crippen LogP contribution in [-0.4, -0.2) is 24.5 Å². The third-order valence-electron chi connectivity index (χ3n) is 3.98. The zero-order chi connectivity index (χ0) is 15.9. The van der Waals surface area contributed by atoms with Gasteiger partial charge in [0.05, 0.1) is 0 Å². The van der Waals surface area contributed by atoms with Crippen LogP contribution in [0.4, 0.5) is 0 Å². The van der Waals surface area contributed by atoms with Crippen molar-refractivity contribution < 1.29 is 19.1 Å². The molecule has 1 aliphatic carbocycles. The topological polar surface area (TPSA) is 82.3 Å². The molecule has 22 heavy (non-hydrogen) atoms. The highest BCUT2D eigenvalue weighted by Gasteiger charge is 2.24. The second kappa shape index (κ2) is 7.77. The van der Waals surface area contributed by atoms with Crippen molar-refractivity contribution in [3.63, 3.8) is 0 Å². The summed E-state index contributed by atoms with van der Waals surface area (Å²) in [7, 11) is 0. The summed E-state index contributed by atoms with van der Waals surface area (Å²) in [5.74, 6) is -0.609. The molecular weight excluding hydrogens is 284 g/mol. The molecule has 1 heterocycles. The third-order valence-corrected chi connectivity index (χ3v) is 3.98. The lowest BCUT2D eigenvalue weighted by Crippen LogP contribution is -2.41. The van der Waals surface area contributed by atoms with Crippen molar-refractivity contribution in [3.05, 3.63) is 35.3 Å². The molecule has 1 aromatic heterocycles. The molecule has 1 fully saturated rings. The first kappa shape index (κ1) is 16.3. The Morgan fingerprint density at radius 2 is 2.09 bits per heavy atom. The van der Waals surface area contributed by atoms with Crippen LogP contribution in [0.1, 0.15) is 49.5 Å². The fourth-order valence-corrected chi connectivity index (χ4v) is 2.64. The van der Waals surface area contributed by atoms with Crippen molar-refractivity contribution in [1.82, 2.24) is 5.32 Å². The predicted octanol–water partition coefficient (Wildman–Crippen LogP) is 1.56. The molecule has 1 aromatic rings. The summed E-state index contributed by atoms with van der Waals surface area (Å²) in [4.78, 5) is 23.8. The Labute approximate surface area is 130 Å². The lowest BCUT2D eigenvalue weighted by molar-refractivity contribution is -0.608. The number of hydrogen-bond acceptors (Lipinski definition) is 4. The van der Waals surface area contributed by atoms with E-state index in [-0.39, 0.29) is 11.6 Å². The maximum absolute atomic E-state index is 12.0. The molecule has 0 unspecified atom stereocenters. The first-order valence-electron chi connectivity index (χ1n) is 7.75. The van der Waals surface area contributed by atoms with E-state index in [1.165, 1.54) is 44.5 Å². The second-order valence-corrected chi connectivity index (χ2v) is 5.71. The van der Waals surface area contributed by atoms with Crippen LogP contribution in [0.2, 0.25) is 0 Å². The van der Waals surface area contributed by atoms with Crippen molar-refractivity contribution in [2.75, 3.05) is 6.54 Å². The van der Waals surface area contributed by atoms with E-state index >= 15 is 0 Å². The number of hydrogen-bond donors (Lipinski definition) is 1. The van der Waals surface area contributed by atoms with Gasteiger partial charge in [-0.05, 0) is 31.7 Å². The Morgan fingerprint density at radius 1 is 1.36 bits per heavy atom. The van der Waals surface area contributed by atoms with Crippen molar-refractivity contribution in [3.8, 4) is 0 Å². The molecule has 0 bridgehead atoms. The lowest BCUT2D eigenvalue weighted by Gasteiger charge is -2.22. The van der Waals surface area contributed by atoms with Crippen LogP contribution in [0.3, 0.4) is 0 Å². The third kappa shape index (κ3) is 4.44. The summed E-state index contributed by atoms with van der Waals surface area (Å²) in [6.45, 7) is 2.12. The minimum atomic E-state index is -0.920. The summed E-state index contributed by atoms with van der Waals surface area (Å²) >= 11 is 0. The van der Waals surface area contributed by atoms with Crippen LogP contribution in [0, 0.1) is 11.1 Å². The molecule has 0 aliphatic heterocycles. The summed E-state index contributed by atoms with van der Waals surface area (Å²) in [6.07, 6.45) is 6.25. The van der Waals surface area contributed by atoms with Gasteiger partial charge in [0.25, 0.3) is 5.91 Å². The molecule has 0 aromatic carbocycles. The molecule has 120 valence electrons. The monoisotopic (exact) mass is 306 g/mol. The number of amides is 1. The fraction of sp³-hybridized carbons (Fsp3) is 0.562. The molecule has 0 spiro atoms. The minimum Gasteiger partial charge on any atom is -0.618 e. The first-order chi connectivity index (χ1) is 10.6. The van der Waals surface area contributed by atoms with Crippen molar-refractivity contribution >= 4 is 11.9 Å². The van der Waals surface area contributed by atoms with Crippen LogP contribution in [0.5, 0.6) is 0 Å². The number of carbonyl (C=O) groups is 2. The molecule has 6 nitrogen and oxygen atoms in total. The Balaban J connectivity index is 1.80. The van der Waals surface area contributed by atoms with E-state index in [1.807, 2.05) is 0 Å². The quantitative estimate of drug-likeness (QED) is 0.508. The Kier molecular flexibility index (Phi) is 5.75. The van der Waals surface area contributed by atoms with Gasteiger partial charge in [0, 0.05) is 18.7 Å². The molecular formula is C16H22N2O4. The highest BCUT2D eigenvalue weighted by atomic mass is 16.6. The van der Waals surface area contributed by atoms with Gasteiger partial charge in [-0.2, -0.15) is 4.73 Å². The van der Waals surface area contributed by atoms with Crippen LogP contribution >= 0.6 is 0 Å². The summed E-state index contributed by atoms with van der Waals surface area (Å²) in [5, 5.41) is 14.3. The van der Waals surface area contributed by atoms with Gasteiger partial charge in [-0.15, -0.1) is 0 Å². The molecule has 1 atom stereocenters. The Morgan fingerprint density at radius 3 is 2.77 bits per heavy atom. The molecule has 0 radical (unpaired) electrons. The highest BCUT2D eigenvalue weighted by molar-refractivity contribution is 5.89. The zero-order valence-corrected chi connectivity index (χ0v) is 12.8. The van der Waals surface area contributed by atoms with Crippen LogP contribution < -0.4 is 10.0 Å². The number of aromatic nitrogens is 1. The molecule has 1 saturated carbocycles. The van der Waals surface area contributed by atoms with Gasteiger partial charge >= 0.3 is 11.7 Å². The zero-order valence-electron chi connectivity index (χ0n) is 12.8. The largest absolute Gasteiger partial charge is 0.618 e. The smallest absolute Gasteiger partial charge is 0.405 e. The lowest BCUT2D eigenvalue weighted by atomic mass is 9.89. The average molecular weight is 306 g/mol. The first-order valence-corrected chi connectivity index (χ1v) is 7.75. The molecule has 1 aliphatic rings. The number of esters is 1. The van der Waals surface area contributed by atoms with E-state index in [4.69, 9.17) is 4.74 Å². The Bertz CT molecular complexity index is 527. The number of pyridine rings is 1. The summed E-state index contributed by atoms with van der Waals surface area (Å²) in [5.41, 5.74) is -0.130. The molecule has 6 heteroatoms. The van der Waals surface area contributed by atoms with Gasteiger partial charge in [-0.3, -0.25) is 4.79 Å². The second-order valence-electron chi connectivity index (χ2n) is 5.71. The van der Waals surface area contributed by atoms with Crippen LogP contribution in [0.15, 0.2) is 24.4 Å². The summed E-state index contributed by atoms with van der Waals surface area (Å²) in [6, 6.07) is 4.45. The van der Waals surface area contributed by atoms with Gasteiger partial charge in [0.15, 0.2) is 12.3 Å². The van der Waals surface area contributed by atoms with Gasteiger partial charge in [0.2, 0.25) is 0 Å². The van der Waals surface area contributed by atoms with E-state index < -0.39 is 12.1 Å². The fourth-order valence-electron chi connectivity index (χ4n) is 2.64. The van der Waals surface area contributed by atoms with E-state index in [9.17, 15) is 14.8 Å². The standard InChI is InChI=1S/C16H22N2O4/c1-12(15(19)17-11-13-7-3-2-4-8-13)22-16(20)14-9-5-6-10-18(14)21/h5-6,9-10,12-13H,2-4,7-8,11H2,1H3,(H,17,19)/t12-/m1/s1. The van der Waals surface area contributed by atoms with Gasteiger partial charge in [0.1, 0.15) is 0 Å². The molecule has 1 amide bonds. The van der Waals surface area contributed by atoms with E-state index in [0.29, 0.717) is 17.2 Å². The van der Waals surface area contributed by atoms with E-state index in [2.05, 4.69) is 5.32 Å². The average Bonchev–Trinajstić information content (AvgIpc) is 2.53. The number of nitrogens with zero attached hydrogens (tertiary/aromatic N) is 1. The SMILES string of the molecule is C[C@@H](OC(=O)c1cccc[n+]1[O-])C(=O)NCC1CCCCC1. The number of nitrogens with one attached hydrogen (secondary N) is 1. The number of carbonyl (C=O) groups excluding carboxylic acids is 2. The van der Waals surface area contributed by atoms with Crippen molar-refractivity contribution in [2.45, 2.75) is 45.1 Å². The van der Waals surface area contributed by atoms with E-state index in [1.54, 1.807) is 6.07 Å². The molecule has 0 saturated heterocycles.